The summed E-state index contributed by atoms with van der Waals surface area (Å²) in [6, 6.07) is 4.86. The average Bonchev–Trinajstić information content (AvgIpc) is 3.01. The number of rotatable bonds is 5. The fourth-order valence-corrected chi connectivity index (χ4v) is 3.99. The van der Waals surface area contributed by atoms with E-state index < -0.39 is 15.6 Å². The minimum absolute atomic E-state index is 0. The van der Waals surface area contributed by atoms with Gasteiger partial charge in [-0.2, -0.15) is 0 Å². The Morgan fingerprint density at radius 2 is 2.00 bits per heavy atom. The van der Waals surface area contributed by atoms with E-state index in [0.29, 0.717) is 17.2 Å². The minimum Gasteiger partial charge on any atom is -0.388 e. The third-order valence-electron chi connectivity index (χ3n) is 4.54. The Kier molecular flexibility index (Phi) is 6.48. The lowest BCUT2D eigenvalue weighted by atomic mass is 9.91. The number of anilines is 1. The summed E-state index contributed by atoms with van der Waals surface area (Å²) in [5.41, 5.74) is 1.03. The van der Waals surface area contributed by atoms with E-state index in [0.717, 1.165) is 25.9 Å². The monoisotopic (exact) mass is 402 g/mol. The Hall–Kier alpha value is -1.84. The van der Waals surface area contributed by atoms with Crippen LogP contribution in [-0.2, 0) is 9.84 Å². The molecule has 2 heterocycles. The van der Waals surface area contributed by atoms with Crippen molar-refractivity contribution in [1.82, 2.24) is 15.5 Å². The highest BCUT2D eigenvalue weighted by Crippen LogP contribution is 2.29. The number of aromatic amines is 1. The van der Waals surface area contributed by atoms with Crippen LogP contribution in [0.3, 0.4) is 0 Å². The number of hydrogen-bond donors (Lipinski definition) is 3. The van der Waals surface area contributed by atoms with Crippen LogP contribution in [0.4, 0.5) is 5.69 Å². The van der Waals surface area contributed by atoms with Crippen LogP contribution in [0.5, 0.6) is 0 Å². The van der Waals surface area contributed by atoms with E-state index in [4.69, 9.17) is 4.42 Å². The quantitative estimate of drug-likeness (QED) is 0.696. The summed E-state index contributed by atoms with van der Waals surface area (Å²) in [7, 11) is -3.40. The summed E-state index contributed by atoms with van der Waals surface area (Å²) in [6.07, 6.45) is 3.25. The van der Waals surface area contributed by atoms with Crippen molar-refractivity contribution in [3.05, 3.63) is 28.7 Å². The topological polar surface area (TPSA) is 117 Å². The third kappa shape index (κ3) is 4.66. The molecule has 0 spiro atoms. The van der Waals surface area contributed by atoms with Gasteiger partial charge in [-0.25, -0.2) is 18.3 Å². The highest BCUT2D eigenvalue weighted by atomic mass is 35.5. The molecule has 1 saturated heterocycles. The maximum Gasteiger partial charge on any atom is 0.434 e. The van der Waals surface area contributed by atoms with Gasteiger partial charge in [0, 0.05) is 17.9 Å². The molecule has 1 aliphatic heterocycles. The zero-order valence-electron chi connectivity index (χ0n) is 14.6. The Labute approximate surface area is 158 Å². The van der Waals surface area contributed by atoms with Gasteiger partial charge in [-0.3, -0.25) is 0 Å². The molecule has 1 unspecified atom stereocenters. The molecule has 1 aromatic heterocycles. The Morgan fingerprint density at radius 1 is 1.31 bits per heavy atom. The van der Waals surface area contributed by atoms with Crippen LogP contribution in [0, 0.1) is 5.92 Å². The van der Waals surface area contributed by atoms with Crippen LogP contribution in [-0.4, -0.2) is 44.0 Å². The van der Waals surface area contributed by atoms with Crippen molar-refractivity contribution in [1.29, 1.82) is 0 Å². The van der Waals surface area contributed by atoms with Crippen LogP contribution in [0.1, 0.15) is 19.8 Å². The number of benzene rings is 1. The molecule has 1 aliphatic rings. The van der Waals surface area contributed by atoms with Gasteiger partial charge in [0.15, 0.2) is 9.84 Å². The molecule has 3 rings (SSSR count). The summed E-state index contributed by atoms with van der Waals surface area (Å²) in [5, 5.41) is 12.7. The lowest BCUT2D eigenvalue weighted by Crippen LogP contribution is -2.36. The molecule has 144 valence electrons. The summed E-state index contributed by atoms with van der Waals surface area (Å²) >= 11 is 0. The lowest BCUT2D eigenvalue weighted by molar-refractivity contribution is 0.343. The molecule has 8 nitrogen and oxygen atoms in total. The zero-order valence-corrected chi connectivity index (χ0v) is 16.2. The van der Waals surface area contributed by atoms with E-state index in [9.17, 15) is 13.2 Å². The number of halogens is 1. The van der Waals surface area contributed by atoms with E-state index >= 15 is 0 Å². The molecule has 10 heteroatoms. The van der Waals surface area contributed by atoms with Gasteiger partial charge in [0.05, 0.1) is 10.6 Å². The number of hydrogen-bond acceptors (Lipinski definition) is 7. The first-order valence-corrected chi connectivity index (χ1v) is 10.1. The van der Waals surface area contributed by atoms with Gasteiger partial charge in [-0.05, 0) is 57.0 Å². The summed E-state index contributed by atoms with van der Waals surface area (Å²) in [4.78, 5) is 11.4. The van der Waals surface area contributed by atoms with E-state index in [2.05, 4.69) is 27.8 Å². The number of nitrogens with zero attached hydrogens (tertiary/aromatic N) is 1. The predicted molar refractivity (Wildman–Crippen MR) is 102 cm³/mol. The average molecular weight is 403 g/mol. The predicted octanol–water partition coefficient (Wildman–Crippen LogP) is 1.66. The standard InChI is InChI=1S/C16H22N4O4S.ClH/c1-10(11-5-7-17-8-6-11)18-13-9-12(15-19-20-16(21)24-15)3-4-14(13)25(2,22)23;/h3-4,9-11,17-18H,5-8H2,1-2H3,(H,20,21);1H. The molecule has 26 heavy (non-hydrogen) atoms. The zero-order chi connectivity index (χ0) is 18.0. The van der Waals surface area contributed by atoms with Gasteiger partial charge in [0.1, 0.15) is 0 Å². The van der Waals surface area contributed by atoms with Crippen molar-refractivity contribution in [2.45, 2.75) is 30.7 Å². The molecule has 1 aromatic carbocycles. The van der Waals surface area contributed by atoms with Gasteiger partial charge < -0.3 is 15.1 Å². The lowest BCUT2D eigenvalue weighted by Gasteiger charge is -2.30. The first kappa shape index (κ1) is 20.5. The second-order valence-corrected chi connectivity index (χ2v) is 8.41. The van der Waals surface area contributed by atoms with E-state index in [-0.39, 0.29) is 29.2 Å². The van der Waals surface area contributed by atoms with Crippen molar-refractivity contribution in [3.63, 3.8) is 0 Å². The largest absolute Gasteiger partial charge is 0.434 e. The molecule has 1 atom stereocenters. The number of H-pyrrole nitrogens is 1. The maximum absolute atomic E-state index is 12.1. The second kappa shape index (κ2) is 8.24. The maximum atomic E-state index is 12.1. The van der Waals surface area contributed by atoms with Crippen LogP contribution >= 0.6 is 12.4 Å². The minimum atomic E-state index is -3.40. The molecule has 0 bridgehead atoms. The number of sulfone groups is 1. The molecular formula is C16H23ClN4O4S. The van der Waals surface area contributed by atoms with E-state index in [1.807, 2.05) is 0 Å². The highest BCUT2D eigenvalue weighted by Gasteiger charge is 2.23. The van der Waals surface area contributed by atoms with Gasteiger partial charge in [-0.15, -0.1) is 17.5 Å². The fraction of sp³-hybridized carbons (Fsp3) is 0.500. The number of nitrogens with one attached hydrogen (secondary N) is 3. The van der Waals surface area contributed by atoms with Crippen LogP contribution in [0.15, 0.2) is 32.3 Å². The summed E-state index contributed by atoms with van der Waals surface area (Å²) in [5.74, 6) is -0.0666. The highest BCUT2D eigenvalue weighted by molar-refractivity contribution is 7.90. The summed E-state index contributed by atoms with van der Waals surface area (Å²) < 4.78 is 29.2. The fourth-order valence-electron chi connectivity index (χ4n) is 3.16. The third-order valence-corrected chi connectivity index (χ3v) is 5.69. The molecule has 0 amide bonds. The smallest absolute Gasteiger partial charge is 0.388 e. The first-order valence-electron chi connectivity index (χ1n) is 8.22. The molecular weight excluding hydrogens is 380 g/mol. The molecule has 1 fully saturated rings. The van der Waals surface area contributed by atoms with Crippen LogP contribution < -0.4 is 16.4 Å². The molecule has 0 radical (unpaired) electrons. The Balaban J connectivity index is 0.00000243. The normalized spacial score (nSPS) is 16.7. The Bertz CT molecular complexity index is 903. The van der Waals surface area contributed by atoms with Crippen molar-refractivity contribution < 1.29 is 12.8 Å². The van der Waals surface area contributed by atoms with Gasteiger partial charge in [-0.1, -0.05) is 0 Å². The van der Waals surface area contributed by atoms with Crippen molar-refractivity contribution in [2.75, 3.05) is 24.7 Å². The van der Waals surface area contributed by atoms with Crippen molar-refractivity contribution in [3.8, 4) is 11.5 Å². The van der Waals surface area contributed by atoms with Crippen molar-refractivity contribution in [2.24, 2.45) is 5.92 Å². The van der Waals surface area contributed by atoms with E-state index in [1.165, 1.54) is 12.3 Å². The first-order chi connectivity index (χ1) is 11.8. The molecule has 0 aliphatic carbocycles. The number of aromatic nitrogens is 2. The summed E-state index contributed by atoms with van der Waals surface area (Å²) in [6.45, 7) is 3.99. The van der Waals surface area contributed by atoms with Crippen LogP contribution in [0.2, 0.25) is 0 Å². The molecule has 0 saturated carbocycles. The second-order valence-electron chi connectivity index (χ2n) is 6.42. The van der Waals surface area contributed by atoms with Gasteiger partial charge in [0.2, 0.25) is 5.89 Å². The van der Waals surface area contributed by atoms with Gasteiger partial charge in [0.25, 0.3) is 0 Å². The van der Waals surface area contributed by atoms with Crippen molar-refractivity contribution >= 4 is 27.9 Å². The van der Waals surface area contributed by atoms with E-state index in [1.54, 1.807) is 12.1 Å². The van der Waals surface area contributed by atoms with Crippen LogP contribution in [0.25, 0.3) is 11.5 Å². The molecule has 2 aromatic rings. The molecule has 3 N–H and O–H groups in total. The van der Waals surface area contributed by atoms with Gasteiger partial charge >= 0.3 is 5.76 Å². The number of piperidine rings is 1. The SMILES string of the molecule is CC(Nc1cc(-c2n[nH]c(=O)o2)ccc1S(C)(=O)=O)C1CCNCC1.Cl. The Morgan fingerprint density at radius 3 is 2.58 bits per heavy atom.